The van der Waals surface area contributed by atoms with Gasteiger partial charge in [-0.15, -0.1) is 0 Å². The van der Waals surface area contributed by atoms with E-state index in [9.17, 15) is 4.39 Å². The maximum Gasteiger partial charge on any atom is 0.126 e. The summed E-state index contributed by atoms with van der Waals surface area (Å²) in [4.78, 5) is 13.2. The number of nitrogens with zero attached hydrogens (tertiary/aromatic N) is 3. The smallest absolute Gasteiger partial charge is 0.126 e. The van der Waals surface area contributed by atoms with Crippen molar-refractivity contribution in [2.24, 2.45) is 0 Å². The van der Waals surface area contributed by atoms with E-state index in [-0.39, 0.29) is 5.82 Å². The number of aryl methyl sites for hydroxylation is 2. The van der Waals surface area contributed by atoms with Crippen molar-refractivity contribution in [3.63, 3.8) is 0 Å². The van der Waals surface area contributed by atoms with Crippen molar-refractivity contribution in [3.05, 3.63) is 53.7 Å². The first-order valence-corrected chi connectivity index (χ1v) is 7.01. The fourth-order valence-electron chi connectivity index (χ4n) is 2.08. The Balaban J connectivity index is 0.000000774. The summed E-state index contributed by atoms with van der Waals surface area (Å²) in [5.41, 5.74) is 4.14. The van der Waals surface area contributed by atoms with Crippen molar-refractivity contribution in [3.8, 4) is 11.3 Å². The fourth-order valence-corrected chi connectivity index (χ4v) is 2.08. The number of fused-ring (bicyclic) bond motifs is 1. The first-order chi connectivity index (χ1) is 10.1. The third-order valence-corrected chi connectivity index (χ3v) is 2.97. The standard InChI is InChI=1S/C15H12FN3.C2H6/c1-9-15-14(18-10(2)17-9)8-7-13(19-15)11-3-5-12(16)6-4-11;1-2/h3-8H,1-2H3;1-2H3. The molecule has 0 spiro atoms. The van der Waals surface area contributed by atoms with Gasteiger partial charge in [0, 0.05) is 5.56 Å². The molecule has 0 fully saturated rings. The van der Waals surface area contributed by atoms with E-state index in [0.29, 0.717) is 0 Å². The average Bonchev–Trinajstić information content (AvgIpc) is 2.50. The van der Waals surface area contributed by atoms with E-state index >= 15 is 0 Å². The van der Waals surface area contributed by atoms with E-state index in [4.69, 9.17) is 0 Å². The topological polar surface area (TPSA) is 38.7 Å². The van der Waals surface area contributed by atoms with Crippen molar-refractivity contribution in [1.82, 2.24) is 15.0 Å². The number of benzene rings is 1. The highest BCUT2D eigenvalue weighted by Gasteiger charge is 2.06. The number of pyridine rings is 1. The molecule has 21 heavy (non-hydrogen) atoms. The second-order valence-electron chi connectivity index (χ2n) is 4.43. The average molecular weight is 283 g/mol. The molecule has 3 aromatic rings. The van der Waals surface area contributed by atoms with E-state index in [1.807, 2.05) is 39.8 Å². The Morgan fingerprint density at radius 1 is 0.810 bits per heavy atom. The largest absolute Gasteiger partial charge is 0.244 e. The molecule has 108 valence electrons. The van der Waals surface area contributed by atoms with Crippen LogP contribution in [0.25, 0.3) is 22.3 Å². The van der Waals surface area contributed by atoms with Crippen LogP contribution in [0.3, 0.4) is 0 Å². The highest BCUT2D eigenvalue weighted by molar-refractivity contribution is 5.79. The number of hydrogen-bond acceptors (Lipinski definition) is 3. The minimum atomic E-state index is -0.250. The number of rotatable bonds is 1. The number of halogens is 1. The summed E-state index contributed by atoms with van der Waals surface area (Å²) < 4.78 is 12.9. The second-order valence-corrected chi connectivity index (χ2v) is 4.43. The molecular formula is C17H18FN3. The molecule has 0 aliphatic carbocycles. The molecule has 3 rings (SSSR count). The minimum absolute atomic E-state index is 0.250. The maximum absolute atomic E-state index is 12.9. The minimum Gasteiger partial charge on any atom is -0.244 e. The fraction of sp³-hybridized carbons (Fsp3) is 0.235. The van der Waals surface area contributed by atoms with Gasteiger partial charge in [0.1, 0.15) is 17.2 Å². The van der Waals surface area contributed by atoms with Gasteiger partial charge >= 0.3 is 0 Å². The molecule has 4 heteroatoms. The highest BCUT2D eigenvalue weighted by Crippen LogP contribution is 2.21. The molecule has 0 aliphatic rings. The third kappa shape index (κ3) is 3.21. The summed E-state index contributed by atoms with van der Waals surface area (Å²) in [5, 5.41) is 0. The van der Waals surface area contributed by atoms with E-state index in [1.165, 1.54) is 12.1 Å². The van der Waals surface area contributed by atoms with Gasteiger partial charge in [-0.25, -0.2) is 19.3 Å². The Morgan fingerprint density at radius 2 is 1.48 bits per heavy atom. The predicted octanol–water partition coefficient (Wildman–Crippen LogP) is 4.47. The Labute approximate surface area is 123 Å². The van der Waals surface area contributed by atoms with Gasteiger partial charge in [0.2, 0.25) is 0 Å². The van der Waals surface area contributed by atoms with Crippen LogP contribution in [0.2, 0.25) is 0 Å². The van der Waals surface area contributed by atoms with Crippen molar-refractivity contribution < 1.29 is 4.39 Å². The zero-order valence-electron chi connectivity index (χ0n) is 12.7. The van der Waals surface area contributed by atoms with Crippen molar-refractivity contribution in [1.29, 1.82) is 0 Å². The quantitative estimate of drug-likeness (QED) is 0.661. The molecule has 0 saturated heterocycles. The molecule has 2 heterocycles. The molecule has 3 nitrogen and oxygen atoms in total. The maximum atomic E-state index is 12.9. The first-order valence-electron chi connectivity index (χ1n) is 7.01. The second kappa shape index (κ2) is 6.39. The van der Waals surface area contributed by atoms with Crippen molar-refractivity contribution in [2.75, 3.05) is 0 Å². The van der Waals surface area contributed by atoms with Crippen LogP contribution in [0.4, 0.5) is 4.39 Å². The van der Waals surface area contributed by atoms with Crippen LogP contribution in [0.1, 0.15) is 25.4 Å². The van der Waals surface area contributed by atoms with Crippen LogP contribution >= 0.6 is 0 Å². The Bertz CT molecular complexity index is 752. The Kier molecular flexibility index (Phi) is 4.58. The third-order valence-electron chi connectivity index (χ3n) is 2.97. The van der Waals surface area contributed by atoms with Gasteiger partial charge in [0.05, 0.1) is 16.9 Å². The predicted molar refractivity (Wildman–Crippen MR) is 83.5 cm³/mol. The Morgan fingerprint density at radius 3 is 2.14 bits per heavy atom. The normalized spacial score (nSPS) is 10.1. The highest BCUT2D eigenvalue weighted by atomic mass is 19.1. The van der Waals surface area contributed by atoms with E-state index in [0.717, 1.165) is 33.8 Å². The van der Waals surface area contributed by atoms with E-state index in [1.54, 1.807) is 12.1 Å². The summed E-state index contributed by atoms with van der Waals surface area (Å²) in [6.45, 7) is 7.78. The van der Waals surface area contributed by atoms with Gasteiger partial charge in [0.25, 0.3) is 0 Å². The van der Waals surface area contributed by atoms with Gasteiger partial charge in [-0.3, -0.25) is 0 Å². The van der Waals surface area contributed by atoms with Gasteiger partial charge < -0.3 is 0 Å². The monoisotopic (exact) mass is 283 g/mol. The molecule has 0 N–H and O–H groups in total. The molecule has 0 amide bonds. The summed E-state index contributed by atoms with van der Waals surface area (Å²) in [6.07, 6.45) is 0. The van der Waals surface area contributed by atoms with E-state index in [2.05, 4.69) is 15.0 Å². The lowest BCUT2D eigenvalue weighted by atomic mass is 10.1. The van der Waals surface area contributed by atoms with Crippen LogP contribution in [0, 0.1) is 19.7 Å². The van der Waals surface area contributed by atoms with Crippen LogP contribution in [0.15, 0.2) is 36.4 Å². The van der Waals surface area contributed by atoms with Crippen LogP contribution in [0.5, 0.6) is 0 Å². The lowest BCUT2D eigenvalue weighted by Crippen LogP contribution is -1.96. The SMILES string of the molecule is CC.Cc1nc(C)c2nc(-c3ccc(F)cc3)ccc2n1. The van der Waals surface area contributed by atoms with Crippen LogP contribution in [-0.4, -0.2) is 15.0 Å². The summed E-state index contributed by atoms with van der Waals surface area (Å²) in [7, 11) is 0. The van der Waals surface area contributed by atoms with Gasteiger partial charge in [-0.05, 0) is 50.2 Å². The van der Waals surface area contributed by atoms with Gasteiger partial charge in [-0.1, -0.05) is 13.8 Å². The molecule has 2 aromatic heterocycles. The van der Waals surface area contributed by atoms with Crippen molar-refractivity contribution in [2.45, 2.75) is 27.7 Å². The molecule has 0 radical (unpaired) electrons. The molecule has 0 unspecified atom stereocenters. The molecule has 0 bridgehead atoms. The van der Waals surface area contributed by atoms with Crippen LogP contribution in [-0.2, 0) is 0 Å². The van der Waals surface area contributed by atoms with E-state index < -0.39 is 0 Å². The summed E-state index contributed by atoms with van der Waals surface area (Å²) >= 11 is 0. The summed E-state index contributed by atoms with van der Waals surface area (Å²) in [6, 6.07) is 10.1. The Hall–Kier alpha value is -2.36. The molecule has 0 saturated carbocycles. The number of hydrogen-bond donors (Lipinski definition) is 0. The zero-order valence-corrected chi connectivity index (χ0v) is 12.7. The lowest BCUT2D eigenvalue weighted by Gasteiger charge is -2.05. The van der Waals surface area contributed by atoms with Gasteiger partial charge in [-0.2, -0.15) is 0 Å². The molecular weight excluding hydrogens is 265 g/mol. The lowest BCUT2D eigenvalue weighted by molar-refractivity contribution is 0.628. The molecule has 0 atom stereocenters. The molecule has 0 aliphatic heterocycles. The van der Waals surface area contributed by atoms with Crippen molar-refractivity contribution >= 4 is 11.0 Å². The number of aromatic nitrogens is 3. The zero-order chi connectivity index (χ0) is 15.4. The summed E-state index contributed by atoms with van der Waals surface area (Å²) in [5.74, 6) is 0.487. The van der Waals surface area contributed by atoms with Gasteiger partial charge in [0.15, 0.2) is 0 Å². The first kappa shape index (κ1) is 15.0. The molecule has 1 aromatic carbocycles. The van der Waals surface area contributed by atoms with Crippen LogP contribution < -0.4 is 0 Å².